The van der Waals surface area contributed by atoms with E-state index in [2.05, 4.69) is 0 Å². The van der Waals surface area contributed by atoms with Crippen molar-refractivity contribution in [3.63, 3.8) is 0 Å². The average Bonchev–Trinajstić information content (AvgIpc) is 1.59. The number of halogens is 21. The van der Waals surface area contributed by atoms with E-state index in [1.165, 1.54) is 119 Å². The normalized spacial score (nSPS) is 13.0. The molecule has 0 unspecified atom stereocenters. The number of hydrogen-bond acceptors (Lipinski definition) is 2. The van der Waals surface area contributed by atoms with Crippen LogP contribution in [-0.4, -0.2) is 14.1 Å². The molecule has 12 aromatic rings. The molecular weight excluding hydrogens is 1270 g/mol. The Morgan fingerprint density at radius 2 is 0.624 bits per heavy atom. The number of nitrogens with zero attached hydrogens (tertiary/aromatic N) is 4. The molecule has 25 heteroatoms. The molecule has 3 heterocycles. The Labute approximate surface area is 509 Å². The SMILES string of the molecule is Cc1cc(-c2ccc3c4ccc(-c5cc(C(F)(F)F)cc(C(F)(F)F)c5)cc4n(-c4cnc(-n5c6cc(-c7cc(C(F)(F)F)cc(C(F)(F)F)c7)ccc6c6ccc(-c7cc(C(F)(F)F)cc(C(F)(F)F)c7)cc65)cc4-c4cccc(C#N)c4)c3c2)cc(C(F)(F)F)c1. The van der Waals surface area contributed by atoms with Crippen molar-refractivity contribution in [1.82, 2.24) is 14.1 Å². The van der Waals surface area contributed by atoms with Crippen molar-refractivity contribution in [1.29, 1.82) is 5.26 Å². The molecule has 0 amide bonds. The summed E-state index contributed by atoms with van der Waals surface area (Å²) in [6, 6.07) is 30.1. The predicted molar refractivity (Wildman–Crippen MR) is 305 cm³/mol. The Bertz CT molecular complexity index is 4850. The zero-order chi connectivity index (χ0) is 67.0. The summed E-state index contributed by atoms with van der Waals surface area (Å²) < 4.78 is 304. The van der Waals surface area contributed by atoms with Crippen LogP contribution < -0.4 is 0 Å². The van der Waals surface area contributed by atoms with Crippen LogP contribution in [0.25, 0.3) is 111 Å². The molecule has 472 valence electrons. The molecule has 0 atom stereocenters. The van der Waals surface area contributed by atoms with Gasteiger partial charge < -0.3 is 4.57 Å². The quantitative estimate of drug-likeness (QED) is 0.149. The van der Waals surface area contributed by atoms with E-state index in [1.54, 1.807) is 0 Å². The lowest BCUT2D eigenvalue weighted by atomic mass is 9.97. The molecule has 0 bridgehead atoms. The summed E-state index contributed by atoms with van der Waals surface area (Å²) >= 11 is 0. The first kappa shape index (κ1) is 62.9. The molecule has 0 aliphatic carbocycles. The summed E-state index contributed by atoms with van der Waals surface area (Å²) in [5.74, 6) is -0.254. The molecule has 0 saturated carbocycles. The van der Waals surface area contributed by atoms with E-state index >= 15 is 0 Å². The van der Waals surface area contributed by atoms with Crippen LogP contribution in [0.4, 0.5) is 92.2 Å². The summed E-state index contributed by atoms with van der Waals surface area (Å²) in [7, 11) is 0. The Morgan fingerprint density at radius 3 is 0.946 bits per heavy atom. The number of alkyl halides is 21. The summed E-state index contributed by atoms with van der Waals surface area (Å²) in [5, 5.41) is 11.1. The van der Waals surface area contributed by atoms with Gasteiger partial charge in [-0.2, -0.15) is 97.5 Å². The predicted octanol–water partition coefficient (Wildman–Crippen LogP) is 22.9. The molecule has 0 aliphatic rings. The number of fused-ring (bicyclic) bond motifs is 6. The van der Waals surface area contributed by atoms with Crippen molar-refractivity contribution in [3.8, 4) is 73.2 Å². The molecule has 0 aliphatic heterocycles. The van der Waals surface area contributed by atoms with Crippen LogP contribution in [0.2, 0.25) is 0 Å². The number of nitriles is 1. The molecule has 12 rings (SSSR count). The topological polar surface area (TPSA) is 46.5 Å². The zero-order valence-corrected chi connectivity index (χ0v) is 46.5. The maximum Gasteiger partial charge on any atom is 0.416 e. The number of pyridine rings is 1. The van der Waals surface area contributed by atoms with E-state index in [0.717, 1.165) is 24.3 Å². The molecule has 0 N–H and O–H groups in total. The highest BCUT2D eigenvalue weighted by atomic mass is 19.4. The molecule has 93 heavy (non-hydrogen) atoms. The highest BCUT2D eigenvalue weighted by molar-refractivity contribution is 6.13. The lowest BCUT2D eigenvalue weighted by Crippen LogP contribution is -2.11. The van der Waals surface area contributed by atoms with Crippen LogP contribution >= 0.6 is 0 Å². The minimum absolute atomic E-state index is 0.00156. The van der Waals surface area contributed by atoms with Gasteiger partial charge in [-0.05, 0) is 172 Å². The van der Waals surface area contributed by atoms with E-state index in [0.29, 0.717) is 41.8 Å². The lowest BCUT2D eigenvalue weighted by molar-refractivity contribution is -0.144. The van der Waals surface area contributed by atoms with Gasteiger partial charge in [0.25, 0.3) is 0 Å². The van der Waals surface area contributed by atoms with Crippen LogP contribution in [0.15, 0.2) is 182 Å². The first-order valence-electron chi connectivity index (χ1n) is 27.1. The number of hydrogen-bond donors (Lipinski definition) is 0. The number of aryl methyl sites for hydroxylation is 1. The molecule has 0 saturated heterocycles. The molecule has 3 aromatic heterocycles. The van der Waals surface area contributed by atoms with Crippen molar-refractivity contribution >= 4 is 43.6 Å². The fourth-order valence-corrected chi connectivity index (χ4v) is 11.5. The van der Waals surface area contributed by atoms with Crippen LogP contribution in [-0.2, 0) is 43.2 Å². The van der Waals surface area contributed by atoms with Crippen molar-refractivity contribution in [3.05, 3.63) is 232 Å². The third-order valence-electron chi connectivity index (χ3n) is 15.7. The molecule has 4 nitrogen and oxygen atoms in total. The van der Waals surface area contributed by atoms with Gasteiger partial charge in [-0.25, -0.2) is 4.98 Å². The minimum Gasteiger partial charge on any atom is -0.307 e. The average molecular weight is 1300 g/mol. The third kappa shape index (κ3) is 11.9. The molecule has 0 spiro atoms. The van der Waals surface area contributed by atoms with Gasteiger partial charge in [0.05, 0.1) is 84.5 Å². The third-order valence-corrected chi connectivity index (χ3v) is 15.7. The minimum atomic E-state index is -5.32. The Morgan fingerprint density at radius 1 is 0.312 bits per heavy atom. The first-order valence-corrected chi connectivity index (χ1v) is 27.1. The number of benzene rings is 9. The van der Waals surface area contributed by atoms with Gasteiger partial charge in [-0.1, -0.05) is 66.7 Å². The Balaban J connectivity index is 1.19. The van der Waals surface area contributed by atoms with Crippen molar-refractivity contribution < 1.29 is 92.2 Å². The maximum absolute atomic E-state index is 14.4. The Kier molecular flexibility index (Phi) is 14.7. The second kappa shape index (κ2) is 21.7. The standard InChI is InChI=1S/C68H33F21N4/c1-33-13-40(16-44(14-33)62(69,70)71)35-5-9-51-52-10-6-36(41-17-45(63(72,73)74)27-46(18-41)64(75,76)77)24-57(52)92(56(51)23-35)60-32-91-61(30-55(60)39-4-2-3-34(15-39)31-90)93-58-25-37(42-19-47(65(78,79)80)28-48(20-42)66(81,82)83)7-11-53(58)54-12-8-38(26-59(54)93)43-21-49(67(84,85)86)29-50(22-43)68(87,88)89/h2-30,32H,1H3. The molecular formula is C68H33F21N4. The number of aromatic nitrogens is 3. The van der Waals surface area contributed by atoms with Crippen LogP contribution in [0, 0.1) is 18.3 Å². The zero-order valence-electron chi connectivity index (χ0n) is 46.5. The fourth-order valence-electron chi connectivity index (χ4n) is 11.5. The molecule has 0 fully saturated rings. The van der Waals surface area contributed by atoms with Crippen LogP contribution in [0.1, 0.15) is 50.1 Å². The van der Waals surface area contributed by atoms with Gasteiger partial charge >= 0.3 is 43.2 Å². The summed E-state index contributed by atoms with van der Waals surface area (Å²) in [6.45, 7) is 1.41. The van der Waals surface area contributed by atoms with E-state index in [-0.39, 0.29) is 118 Å². The first-order chi connectivity index (χ1) is 43.3. The van der Waals surface area contributed by atoms with E-state index in [1.807, 2.05) is 6.07 Å². The summed E-state index contributed by atoms with van der Waals surface area (Å²) in [4.78, 5) is 4.81. The Hall–Kier alpha value is -10.3. The highest BCUT2D eigenvalue weighted by Gasteiger charge is 2.41. The van der Waals surface area contributed by atoms with Gasteiger partial charge in [0.15, 0.2) is 0 Å². The monoisotopic (exact) mass is 1300 g/mol. The molecule has 0 radical (unpaired) electrons. The smallest absolute Gasteiger partial charge is 0.307 e. The van der Waals surface area contributed by atoms with Gasteiger partial charge in [-0.3, -0.25) is 4.57 Å². The maximum atomic E-state index is 14.4. The highest BCUT2D eigenvalue weighted by Crippen LogP contribution is 2.47. The van der Waals surface area contributed by atoms with Gasteiger partial charge in [-0.15, -0.1) is 0 Å². The van der Waals surface area contributed by atoms with Crippen molar-refractivity contribution in [2.45, 2.75) is 50.2 Å². The fraction of sp³-hybridized carbons (Fsp3) is 0.118. The van der Waals surface area contributed by atoms with Gasteiger partial charge in [0, 0.05) is 27.1 Å². The lowest BCUT2D eigenvalue weighted by Gasteiger charge is -2.18. The van der Waals surface area contributed by atoms with Crippen LogP contribution in [0.3, 0.4) is 0 Å². The van der Waals surface area contributed by atoms with Crippen molar-refractivity contribution in [2.75, 3.05) is 0 Å². The summed E-state index contributed by atoms with van der Waals surface area (Å²) in [5.41, 5.74) is -13.4. The number of rotatable bonds is 7. The van der Waals surface area contributed by atoms with E-state index in [9.17, 15) is 97.5 Å². The van der Waals surface area contributed by atoms with Crippen molar-refractivity contribution in [2.24, 2.45) is 0 Å². The van der Waals surface area contributed by atoms with E-state index in [4.69, 9.17) is 4.98 Å². The molecule has 9 aromatic carbocycles. The largest absolute Gasteiger partial charge is 0.416 e. The van der Waals surface area contributed by atoms with E-state index < -0.39 is 98.9 Å². The van der Waals surface area contributed by atoms with Gasteiger partial charge in [0.2, 0.25) is 0 Å². The second-order valence-electron chi connectivity index (χ2n) is 21.8. The second-order valence-corrected chi connectivity index (χ2v) is 21.8. The summed E-state index contributed by atoms with van der Waals surface area (Å²) in [6.07, 6.45) is -35.6. The van der Waals surface area contributed by atoms with Gasteiger partial charge in [0.1, 0.15) is 5.82 Å². The van der Waals surface area contributed by atoms with Crippen LogP contribution in [0.5, 0.6) is 0 Å².